The smallest absolute Gasteiger partial charge is 0.402 e. The van der Waals surface area contributed by atoms with Crippen LogP contribution >= 0.6 is 0 Å². The van der Waals surface area contributed by atoms with E-state index in [4.69, 9.17) is 4.74 Å². The average Bonchev–Trinajstić information content (AvgIpc) is 3.09. The Labute approximate surface area is 120 Å². The standard InChI is InChI=1S/C15H16F3NO2/c16-15(17,18)14(7-8-19-9-14)13(20)10-1-3-11(4-2-10)21-12-5-6-12/h1-4,12,19H,5-9H2. The van der Waals surface area contributed by atoms with Gasteiger partial charge in [0.05, 0.1) is 6.10 Å². The summed E-state index contributed by atoms with van der Waals surface area (Å²) in [5.41, 5.74) is -2.22. The first-order valence-corrected chi connectivity index (χ1v) is 7.01. The number of hydrogen-bond acceptors (Lipinski definition) is 3. The predicted molar refractivity (Wildman–Crippen MR) is 70.4 cm³/mol. The molecule has 3 nitrogen and oxygen atoms in total. The highest BCUT2D eigenvalue weighted by molar-refractivity contribution is 6.01. The number of carbonyl (C=O) groups is 1. The molecule has 1 aromatic rings. The number of rotatable bonds is 4. The van der Waals surface area contributed by atoms with Crippen molar-refractivity contribution < 1.29 is 22.7 Å². The van der Waals surface area contributed by atoms with Crippen LogP contribution in [0.4, 0.5) is 13.2 Å². The quantitative estimate of drug-likeness (QED) is 0.869. The van der Waals surface area contributed by atoms with E-state index in [0.29, 0.717) is 5.75 Å². The molecule has 1 aliphatic carbocycles. The summed E-state index contributed by atoms with van der Waals surface area (Å²) in [5.74, 6) is -0.266. The SMILES string of the molecule is O=C(c1ccc(OC2CC2)cc1)C1(C(F)(F)F)CCNC1. The lowest BCUT2D eigenvalue weighted by Gasteiger charge is -2.29. The van der Waals surface area contributed by atoms with E-state index in [1.165, 1.54) is 12.1 Å². The van der Waals surface area contributed by atoms with Gasteiger partial charge in [-0.15, -0.1) is 0 Å². The van der Waals surface area contributed by atoms with Gasteiger partial charge in [0.2, 0.25) is 0 Å². The van der Waals surface area contributed by atoms with E-state index in [1.807, 2.05) is 0 Å². The van der Waals surface area contributed by atoms with Crippen molar-refractivity contribution in [2.45, 2.75) is 31.5 Å². The second-order valence-corrected chi connectivity index (χ2v) is 5.68. The summed E-state index contributed by atoms with van der Waals surface area (Å²) in [4.78, 5) is 12.4. The minimum Gasteiger partial charge on any atom is -0.490 e. The summed E-state index contributed by atoms with van der Waals surface area (Å²) in [6, 6.07) is 5.98. The molecule has 114 valence electrons. The van der Waals surface area contributed by atoms with Crippen LogP contribution in [0.3, 0.4) is 0 Å². The van der Waals surface area contributed by atoms with Crippen LogP contribution in [0.5, 0.6) is 5.75 Å². The summed E-state index contributed by atoms with van der Waals surface area (Å²) >= 11 is 0. The molecule has 1 aromatic carbocycles. The van der Waals surface area contributed by atoms with Crippen LogP contribution in [0, 0.1) is 5.41 Å². The molecule has 1 saturated carbocycles. The first kappa shape index (κ1) is 14.4. The highest BCUT2D eigenvalue weighted by Crippen LogP contribution is 2.45. The van der Waals surface area contributed by atoms with Crippen molar-refractivity contribution >= 4 is 5.78 Å². The average molecular weight is 299 g/mol. The van der Waals surface area contributed by atoms with Gasteiger partial charge in [-0.3, -0.25) is 4.79 Å². The van der Waals surface area contributed by atoms with E-state index in [0.717, 1.165) is 12.8 Å². The van der Waals surface area contributed by atoms with Gasteiger partial charge in [-0.05, 0) is 50.1 Å². The minimum absolute atomic E-state index is 0.0826. The summed E-state index contributed by atoms with van der Waals surface area (Å²) in [7, 11) is 0. The third-order valence-electron chi connectivity index (χ3n) is 4.08. The Hall–Kier alpha value is -1.56. The second-order valence-electron chi connectivity index (χ2n) is 5.68. The Morgan fingerprint density at radius 1 is 1.24 bits per heavy atom. The lowest BCUT2D eigenvalue weighted by atomic mass is 9.79. The number of Topliss-reactive ketones (excluding diaryl/α,β-unsaturated/α-hetero) is 1. The van der Waals surface area contributed by atoms with Crippen molar-refractivity contribution in [3.05, 3.63) is 29.8 Å². The number of hydrogen-bond donors (Lipinski definition) is 1. The van der Waals surface area contributed by atoms with Crippen molar-refractivity contribution in [2.75, 3.05) is 13.1 Å². The third-order valence-corrected chi connectivity index (χ3v) is 4.08. The van der Waals surface area contributed by atoms with Crippen molar-refractivity contribution in [2.24, 2.45) is 5.41 Å². The van der Waals surface area contributed by atoms with Crippen LogP contribution in [0.2, 0.25) is 0 Å². The molecule has 1 aliphatic heterocycles. The zero-order valence-corrected chi connectivity index (χ0v) is 11.4. The number of ether oxygens (including phenoxy) is 1. The van der Waals surface area contributed by atoms with Crippen LogP contribution < -0.4 is 10.1 Å². The Kier molecular flexibility index (Phi) is 3.43. The molecule has 1 heterocycles. The molecule has 0 radical (unpaired) electrons. The fourth-order valence-electron chi connectivity index (χ4n) is 2.60. The molecule has 1 saturated heterocycles. The molecule has 0 spiro atoms. The molecule has 21 heavy (non-hydrogen) atoms. The Bertz CT molecular complexity index is 529. The summed E-state index contributed by atoms with van der Waals surface area (Å²) in [6.07, 6.45) is -2.54. The molecule has 0 bridgehead atoms. The van der Waals surface area contributed by atoms with Crippen LogP contribution in [-0.2, 0) is 0 Å². The lowest BCUT2D eigenvalue weighted by Crippen LogP contribution is -2.46. The molecule has 2 fully saturated rings. The molecular weight excluding hydrogens is 283 g/mol. The van der Waals surface area contributed by atoms with Crippen LogP contribution in [0.25, 0.3) is 0 Å². The maximum absolute atomic E-state index is 13.3. The molecule has 1 N–H and O–H groups in total. The first-order chi connectivity index (χ1) is 9.92. The maximum Gasteiger partial charge on any atom is 0.402 e. The molecule has 2 aliphatic rings. The van der Waals surface area contributed by atoms with Crippen molar-refractivity contribution in [1.29, 1.82) is 0 Å². The number of nitrogens with one attached hydrogen (secondary N) is 1. The zero-order valence-electron chi connectivity index (χ0n) is 11.4. The van der Waals surface area contributed by atoms with Gasteiger partial charge in [0.15, 0.2) is 5.78 Å². The van der Waals surface area contributed by atoms with Gasteiger partial charge in [0.1, 0.15) is 11.2 Å². The van der Waals surface area contributed by atoms with Gasteiger partial charge in [-0.25, -0.2) is 0 Å². The fraction of sp³-hybridized carbons (Fsp3) is 0.533. The number of alkyl halides is 3. The minimum atomic E-state index is -4.54. The van der Waals surface area contributed by atoms with Crippen LogP contribution in [0.1, 0.15) is 29.6 Å². The third kappa shape index (κ3) is 2.64. The predicted octanol–water partition coefficient (Wildman–Crippen LogP) is 2.95. The summed E-state index contributed by atoms with van der Waals surface area (Å²) in [5, 5.41) is 2.65. The van der Waals surface area contributed by atoms with Gasteiger partial charge >= 0.3 is 6.18 Å². The lowest BCUT2D eigenvalue weighted by molar-refractivity contribution is -0.197. The van der Waals surface area contributed by atoms with Gasteiger partial charge in [-0.1, -0.05) is 0 Å². The molecule has 1 unspecified atom stereocenters. The Morgan fingerprint density at radius 2 is 1.90 bits per heavy atom. The summed E-state index contributed by atoms with van der Waals surface area (Å²) in [6.45, 7) is -0.149. The fourth-order valence-corrected chi connectivity index (χ4v) is 2.60. The molecular formula is C15H16F3NO2. The van der Waals surface area contributed by atoms with Gasteiger partial charge in [-0.2, -0.15) is 13.2 Å². The van der Waals surface area contributed by atoms with E-state index in [2.05, 4.69) is 5.32 Å². The van der Waals surface area contributed by atoms with Crippen LogP contribution in [-0.4, -0.2) is 31.2 Å². The highest BCUT2D eigenvalue weighted by atomic mass is 19.4. The second kappa shape index (κ2) is 5.02. The Balaban J connectivity index is 1.82. The molecule has 6 heteroatoms. The zero-order chi connectivity index (χ0) is 15.1. The normalized spacial score (nSPS) is 25.9. The number of ketones is 1. The summed E-state index contributed by atoms with van der Waals surface area (Å²) < 4.78 is 45.5. The number of benzene rings is 1. The maximum atomic E-state index is 13.3. The van der Waals surface area contributed by atoms with Gasteiger partial charge < -0.3 is 10.1 Å². The highest BCUT2D eigenvalue weighted by Gasteiger charge is 2.61. The number of carbonyl (C=O) groups excluding carboxylic acids is 1. The number of halogens is 3. The monoisotopic (exact) mass is 299 g/mol. The molecule has 0 aromatic heterocycles. The largest absolute Gasteiger partial charge is 0.490 e. The van der Waals surface area contributed by atoms with E-state index in [9.17, 15) is 18.0 Å². The van der Waals surface area contributed by atoms with E-state index >= 15 is 0 Å². The van der Waals surface area contributed by atoms with Crippen molar-refractivity contribution in [3.8, 4) is 5.75 Å². The topological polar surface area (TPSA) is 38.3 Å². The molecule has 0 amide bonds. The van der Waals surface area contributed by atoms with E-state index < -0.39 is 17.4 Å². The van der Waals surface area contributed by atoms with Gasteiger partial charge in [0, 0.05) is 12.1 Å². The molecule has 3 rings (SSSR count). The van der Waals surface area contributed by atoms with E-state index in [1.54, 1.807) is 12.1 Å². The van der Waals surface area contributed by atoms with Crippen LogP contribution in [0.15, 0.2) is 24.3 Å². The molecule has 1 atom stereocenters. The van der Waals surface area contributed by atoms with Crippen molar-refractivity contribution in [3.63, 3.8) is 0 Å². The Morgan fingerprint density at radius 3 is 2.38 bits per heavy atom. The van der Waals surface area contributed by atoms with E-state index in [-0.39, 0.29) is 31.2 Å². The van der Waals surface area contributed by atoms with Crippen molar-refractivity contribution in [1.82, 2.24) is 5.32 Å². The first-order valence-electron chi connectivity index (χ1n) is 7.01. The van der Waals surface area contributed by atoms with Gasteiger partial charge in [0.25, 0.3) is 0 Å².